The van der Waals surface area contributed by atoms with Crippen LogP contribution < -0.4 is 5.32 Å². The Morgan fingerprint density at radius 3 is 2.24 bits per heavy atom. The van der Waals surface area contributed by atoms with Crippen LogP contribution in [0.3, 0.4) is 0 Å². The highest BCUT2D eigenvalue weighted by Crippen LogP contribution is 2.25. The van der Waals surface area contributed by atoms with Crippen LogP contribution in [-0.2, 0) is 10.4 Å². The molecule has 0 spiro atoms. The number of hydrogen-bond donors (Lipinski definition) is 3. The van der Waals surface area contributed by atoms with E-state index in [0.29, 0.717) is 12.0 Å². The van der Waals surface area contributed by atoms with Gasteiger partial charge in [-0.1, -0.05) is 51.1 Å². The maximum Gasteiger partial charge on any atom is 0.223 e. The summed E-state index contributed by atoms with van der Waals surface area (Å²) in [5, 5.41) is 22.6. The monoisotopic (exact) mass is 293 g/mol. The van der Waals surface area contributed by atoms with Gasteiger partial charge in [-0.05, 0) is 24.3 Å². The van der Waals surface area contributed by atoms with Gasteiger partial charge in [-0.15, -0.1) is 0 Å². The Morgan fingerprint density at radius 1 is 1.19 bits per heavy atom. The predicted molar refractivity (Wildman–Crippen MR) is 83.7 cm³/mol. The van der Waals surface area contributed by atoms with Gasteiger partial charge < -0.3 is 15.5 Å². The molecule has 0 aliphatic heterocycles. The van der Waals surface area contributed by atoms with Crippen LogP contribution in [0.4, 0.5) is 0 Å². The van der Waals surface area contributed by atoms with E-state index in [9.17, 15) is 15.0 Å². The molecular formula is C17H27NO3. The van der Waals surface area contributed by atoms with Crippen molar-refractivity contribution in [2.24, 2.45) is 5.41 Å². The number of benzene rings is 1. The smallest absolute Gasteiger partial charge is 0.223 e. The van der Waals surface area contributed by atoms with Gasteiger partial charge >= 0.3 is 0 Å². The number of rotatable bonds is 6. The van der Waals surface area contributed by atoms with Crippen molar-refractivity contribution in [2.75, 3.05) is 6.61 Å². The Bertz CT molecular complexity index is 449. The van der Waals surface area contributed by atoms with Gasteiger partial charge in [-0.3, -0.25) is 4.79 Å². The molecule has 3 N–H and O–H groups in total. The molecule has 0 aliphatic rings. The Morgan fingerprint density at radius 2 is 1.76 bits per heavy atom. The molecule has 0 bridgehead atoms. The summed E-state index contributed by atoms with van der Waals surface area (Å²) in [5.41, 5.74) is -0.494. The summed E-state index contributed by atoms with van der Waals surface area (Å²) in [5.74, 6) is -0.257. The lowest BCUT2D eigenvalue weighted by Crippen LogP contribution is -2.42. The van der Waals surface area contributed by atoms with Crippen LogP contribution in [0.25, 0.3) is 0 Å². The summed E-state index contributed by atoms with van der Waals surface area (Å²) in [6.07, 6.45) is 0.653. The van der Waals surface area contributed by atoms with E-state index in [0.717, 1.165) is 0 Å². The fourth-order valence-corrected chi connectivity index (χ4v) is 2.39. The first-order chi connectivity index (χ1) is 9.64. The second kappa shape index (κ2) is 7.05. The third kappa shape index (κ3) is 6.27. The Balaban J connectivity index is 2.64. The third-order valence-corrected chi connectivity index (χ3v) is 3.34. The second-order valence-electron chi connectivity index (χ2n) is 7.03. The number of nitrogens with one attached hydrogen (secondary N) is 1. The van der Waals surface area contributed by atoms with Crippen molar-refractivity contribution >= 4 is 5.91 Å². The van der Waals surface area contributed by atoms with Crippen LogP contribution in [0, 0.1) is 5.41 Å². The van der Waals surface area contributed by atoms with Crippen molar-refractivity contribution in [3.8, 4) is 0 Å². The second-order valence-corrected chi connectivity index (χ2v) is 7.03. The van der Waals surface area contributed by atoms with Crippen LogP contribution in [0.15, 0.2) is 30.3 Å². The topological polar surface area (TPSA) is 69.6 Å². The molecule has 1 aromatic rings. The molecular weight excluding hydrogens is 266 g/mol. The first-order valence-electron chi connectivity index (χ1n) is 7.32. The minimum atomic E-state index is -1.22. The van der Waals surface area contributed by atoms with E-state index in [1.54, 1.807) is 19.1 Å². The largest absolute Gasteiger partial charge is 0.394 e. The van der Waals surface area contributed by atoms with E-state index < -0.39 is 5.60 Å². The molecule has 0 saturated heterocycles. The average molecular weight is 293 g/mol. The molecule has 118 valence electrons. The molecule has 0 aromatic heterocycles. The molecule has 0 radical (unpaired) electrons. The number of hydrogen-bond acceptors (Lipinski definition) is 3. The Hall–Kier alpha value is -1.39. The lowest BCUT2D eigenvalue weighted by molar-refractivity contribution is -0.127. The summed E-state index contributed by atoms with van der Waals surface area (Å²) < 4.78 is 0. The molecule has 4 heteroatoms. The summed E-state index contributed by atoms with van der Waals surface area (Å²) >= 11 is 0. The van der Waals surface area contributed by atoms with E-state index in [1.807, 2.05) is 18.2 Å². The van der Waals surface area contributed by atoms with Gasteiger partial charge in [0.05, 0.1) is 24.7 Å². The van der Waals surface area contributed by atoms with Crippen molar-refractivity contribution in [2.45, 2.75) is 52.2 Å². The lowest BCUT2D eigenvalue weighted by Gasteiger charge is -2.28. The molecule has 4 nitrogen and oxygen atoms in total. The van der Waals surface area contributed by atoms with Crippen molar-refractivity contribution in [1.29, 1.82) is 0 Å². The lowest BCUT2D eigenvalue weighted by atomic mass is 9.88. The first-order valence-corrected chi connectivity index (χ1v) is 7.32. The highest BCUT2D eigenvalue weighted by Gasteiger charge is 2.28. The summed E-state index contributed by atoms with van der Waals surface area (Å²) in [6.45, 7) is 7.70. The van der Waals surface area contributed by atoms with Gasteiger partial charge in [0.25, 0.3) is 0 Å². The minimum absolute atomic E-state index is 0.0165. The number of aliphatic hydroxyl groups excluding tert-OH is 1. The molecule has 1 amide bonds. The van der Waals surface area contributed by atoms with Crippen LogP contribution in [0.5, 0.6) is 0 Å². The molecule has 1 rings (SSSR count). The van der Waals surface area contributed by atoms with Crippen molar-refractivity contribution < 1.29 is 15.0 Å². The molecule has 0 aliphatic carbocycles. The van der Waals surface area contributed by atoms with Gasteiger partial charge in [0.1, 0.15) is 0 Å². The maximum atomic E-state index is 12.1. The van der Waals surface area contributed by atoms with E-state index >= 15 is 0 Å². The van der Waals surface area contributed by atoms with E-state index in [1.165, 1.54) is 0 Å². The van der Waals surface area contributed by atoms with Gasteiger partial charge in [-0.25, -0.2) is 0 Å². The summed E-state index contributed by atoms with van der Waals surface area (Å²) in [7, 11) is 0. The molecule has 2 unspecified atom stereocenters. The number of carbonyl (C=O) groups is 1. The van der Waals surface area contributed by atoms with E-state index in [4.69, 9.17) is 0 Å². The summed E-state index contributed by atoms with van der Waals surface area (Å²) in [4.78, 5) is 12.1. The zero-order chi connectivity index (χ0) is 16.1. The van der Waals surface area contributed by atoms with Crippen molar-refractivity contribution in [3.63, 3.8) is 0 Å². The van der Waals surface area contributed by atoms with Gasteiger partial charge in [0.15, 0.2) is 0 Å². The average Bonchev–Trinajstić information content (AvgIpc) is 2.36. The van der Waals surface area contributed by atoms with Crippen LogP contribution in [0.1, 0.15) is 46.1 Å². The van der Waals surface area contributed by atoms with Crippen molar-refractivity contribution in [1.82, 2.24) is 5.32 Å². The molecule has 2 atom stereocenters. The zero-order valence-corrected chi connectivity index (χ0v) is 13.4. The fraction of sp³-hybridized carbons (Fsp3) is 0.588. The third-order valence-electron chi connectivity index (χ3n) is 3.34. The highest BCUT2D eigenvalue weighted by molar-refractivity contribution is 5.77. The SMILES string of the molecule is CC(C)(C)CC(CO)NC(=O)CC(C)(O)c1ccccc1. The predicted octanol–water partition coefficient (Wildman–Crippen LogP) is 2.20. The van der Waals surface area contributed by atoms with Crippen molar-refractivity contribution in [3.05, 3.63) is 35.9 Å². The molecule has 1 aromatic carbocycles. The molecule has 0 heterocycles. The number of amides is 1. The first kappa shape index (κ1) is 17.7. The maximum absolute atomic E-state index is 12.1. The normalized spacial score (nSPS) is 16.1. The van der Waals surface area contributed by atoms with Gasteiger partial charge in [0.2, 0.25) is 5.91 Å². The molecule has 21 heavy (non-hydrogen) atoms. The van der Waals surface area contributed by atoms with E-state index in [-0.39, 0.29) is 30.4 Å². The summed E-state index contributed by atoms with van der Waals surface area (Å²) in [6, 6.07) is 8.84. The fourth-order valence-electron chi connectivity index (χ4n) is 2.39. The van der Waals surface area contributed by atoms with Crippen LogP contribution >= 0.6 is 0 Å². The van der Waals surface area contributed by atoms with Crippen LogP contribution in [0.2, 0.25) is 0 Å². The Kier molecular flexibility index (Phi) is 5.93. The molecule has 0 fully saturated rings. The van der Waals surface area contributed by atoms with E-state index in [2.05, 4.69) is 26.1 Å². The van der Waals surface area contributed by atoms with Crippen LogP contribution in [-0.4, -0.2) is 28.8 Å². The van der Waals surface area contributed by atoms with Gasteiger partial charge in [-0.2, -0.15) is 0 Å². The highest BCUT2D eigenvalue weighted by atomic mass is 16.3. The minimum Gasteiger partial charge on any atom is -0.394 e. The number of aliphatic hydroxyl groups is 2. The quantitative estimate of drug-likeness (QED) is 0.753. The number of carbonyl (C=O) groups excluding carboxylic acids is 1. The zero-order valence-electron chi connectivity index (χ0n) is 13.4. The Labute approximate surface area is 127 Å². The van der Waals surface area contributed by atoms with Gasteiger partial charge in [0, 0.05) is 0 Å². The standard InChI is InChI=1S/C17H27NO3/c1-16(2,3)10-14(12-19)18-15(20)11-17(4,21)13-8-6-5-7-9-13/h5-9,14,19,21H,10-12H2,1-4H3,(H,18,20). The molecule has 0 saturated carbocycles.